The zero-order valence-electron chi connectivity index (χ0n) is 14.4. The topological polar surface area (TPSA) is 30.5 Å². The van der Waals surface area contributed by atoms with Gasteiger partial charge >= 0.3 is 0 Å². The molecule has 0 aromatic heterocycles. The first-order valence-electron chi connectivity index (χ1n) is 8.19. The fraction of sp³-hybridized carbons (Fsp3) is 0.368. The van der Waals surface area contributed by atoms with Crippen LogP contribution in [0.3, 0.4) is 0 Å². The molecule has 0 bridgehead atoms. The SMILES string of the molecule is CCCCNCc1cc(Br)c(OCc2c(Cl)cccc2Cl)c(OC)c1. The zero-order chi connectivity index (χ0) is 18.2. The molecule has 0 aliphatic heterocycles. The molecule has 2 aromatic carbocycles. The van der Waals surface area contributed by atoms with E-state index in [1.54, 1.807) is 19.2 Å². The Morgan fingerprint density at radius 1 is 1.16 bits per heavy atom. The Balaban J connectivity index is 2.12. The highest BCUT2D eigenvalue weighted by Gasteiger charge is 2.14. The van der Waals surface area contributed by atoms with Crippen molar-refractivity contribution in [3.8, 4) is 11.5 Å². The van der Waals surface area contributed by atoms with Crippen LogP contribution in [0, 0.1) is 0 Å². The maximum Gasteiger partial charge on any atom is 0.175 e. The zero-order valence-corrected chi connectivity index (χ0v) is 17.5. The Morgan fingerprint density at radius 2 is 1.88 bits per heavy atom. The van der Waals surface area contributed by atoms with Crippen LogP contribution in [0.25, 0.3) is 0 Å². The van der Waals surface area contributed by atoms with Crippen molar-refractivity contribution in [2.45, 2.75) is 32.9 Å². The quantitative estimate of drug-likeness (QED) is 0.463. The summed E-state index contributed by atoms with van der Waals surface area (Å²) in [7, 11) is 1.63. The molecule has 0 amide bonds. The largest absolute Gasteiger partial charge is 0.493 e. The number of rotatable bonds is 9. The fourth-order valence-electron chi connectivity index (χ4n) is 2.36. The third kappa shape index (κ3) is 5.78. The van der Waals surface area contributed by atoms with Crippen LogP contribution in [0.15, 0.2) is 34.8 Å². The Hall–Kier alpha value is -0.940. The number of hydrogen-bond acceptors (Lipinski definition) is 3. The van der Waals surface area contributed by atoms with Crippen molar-refractivity contribution in [3.63, 3.8) is 0 Å². The Morgan fingerprint density at radius 3 is 2.52 bits per heavy atom. The maximum absolute atomic E-state index is 6.20. The van der Waals surface area contributed by atoms with E-state index in [0.717, 1.165) is 35.1 Å². The number of unbranched alkanes of at least 4 members (excludes halogenated alkanes) is 1. The van der Waals surface area contributed by atoms with Gasteiger partial charge in [-0.05, 0) is 58.7 Å². The molecule has 0 unspecified atom stereocenters. The maximum atomic E-state index is 6.20. The molecule has 6 heteroatoms. The number of hydrogen-bond donors (Lipinski definition) is 1. The van der Waals surface area contributed by atoms with Gasteiger partial charge in [-0.2, -0.15) is 0 Å². The van der Waals surface area contributed by atoms with Gasteiger partial charge in [-0.25, -0.2) is 0 Å². The highest BCUT2D eigenvalue weighted by molar-refractivity contribution is 9.10. The Labute approximate surface area is 167 Å². The van der Waals surface area contributed by atoms with E-state index in [4.69, 9.17) is 32.7 Å². The summed E-state index contributed by atoms with van der Waals surface area (Å²) < 4.78 is 12.3. The average molecular weight is 447 g/mol. The van der Waals surface area contributed by atoms with E-state index >= 15 is 0 Å². The third-order valence-electron chi connectivity index (χ3n) is 3.75. The van der Waals surface area contributed by atoms with Gasteiger partial charge < -0.3 is 14.8 Å². The monoisotopic (exact) mass is 445 g/mol. The van der Waals surface area contributed by atoms with Crippen LogP contribution in [-0.4, -0.2) is 13.7 Å². The summed E-state index contributed by atoms with van der Waals surface area (Å²) in [5.41, 5.74) is 1.88. The van der Waals surface area contributed by atoms with Crippen LogP contribution in [0.1, 0.15) is 30.9 Å². The molecule has 25 heavy (non-hydrogen) atoms. The molecule has 0 radical (unpaired) electrons. The second-order valence-corrected chi connectivity index (χ2v) is 7.30. The molecule has 0 fully saturated rings. The molecular weight excluding hydrogens is 425 g/mol. The van der Waals surface area contributed by atoms with E-state index in [9.17, 15) is 0 Å². The van der Waals surface area contributed by atoms with E-state index in [1.165, 1.54) is 6.42 Å². The molecule has 1 N–H and O–H groups in total. The second kappa shape index (κ2) is 10.3. The number of benzene rings is 2. The summed E-state index contributed by atoms with van der Waals surface area (Å²) in [6, 6.07) is 9.41. The summed E-state index contributed by atoms with van der Waals surface area (Å²) in [4.78, 5) is 0. The van der Waals surface area contributed by atoms with Crippen molar-refractivity contribution >= 4 is 39.1 Å². The van der Waals surface area contributed by atoms with E-state index in [2.05, 4.69) is 28.2 Å². The molecule has 0 saturated heterocycles. The normalized spacial score (nSPS) is 10.8. The van der Waals surface area contributed by atoms with Gasteiger partial charge in [0.2, 0.25) is 0 Å². The van der Waals surface area contributed by atoms with Crippen LogP contribution >= 0.6 is 39.1 Å². The van der Waals surface area contributed by atoms with E-state index in [1.807, 2.05) is 18.2 Å². The molecule has 2 rings (SSSR count). The number of ether oxygens (including phenoxy) is 2. The van der Waals surface area contributed by atoms with Crippen molar-refractivity contribution < 1.29 is 9.47 Å². The van der Waals surface area contributed by atoms with Gasteiger partial charge in [0.15, 0.2) is 11.5 Å². The number of nitrogens with one attached hydrogen (secondary N) is 1. The van der Waals surface area contributed by atoms with Crippen molar-refractivity contribution in [2.75, 3.05) is 13.7 Å². The summed E-state index contributed by atoms with van der Waals surface area (Å²) in [5, 5.41) is 4.59. The molecule has 0 saturated carbocycles. The van der Waals surface area contributed by atoms with Crippen LogP contribution in [-0.2, 0) is 13.2 Å². The first-order valence-corrected chi connectivity index (χ1v) is 9.74. The minimum absolute atomic E-state index is 0.265. The summed E-state index contributed by atoms with van der Waals surface area (Å²) in [6.07, 6.45) is 2.34. The summed E-state index contributed by atoms with van der Waals surface area (Å²) >= 11 is 16.0. The van der Waals surface area contributed by atoms with Gasteiger partial charge in [0.1, 0.15) is 6.61 Å². The van der Waals surface area contributed by atoms with Gasteiger partial charge in [-0.3, -0.25) is 0 Å². The first-order chi connectivity index (χ1) is 12.1. The molecule has 0 aliphatic rings. The van der Waals surface area contributed by atoms with E-state index in [0.29, 0.717) is 21.5 Å². The lowest BCUT2D eigenvalue weighted by molar-refractivity contribution is 0.282. The highest BCUT2D eigenvalue weighted by Crippen LogP contribution is 2.38. The Bertz CT molecular complexity index is 690. The molecule has 2 aromatic rings. The van der Waals surface area contributed by atoms with Crippen molar-refractivity contribution in [1.82, 2.24) is 5.32 Å². The first kappa shape index (κ1) is 20.4. The minimum Gasteiger partial charge on any atom is -0.493 e. The molecule has 0 atom stereocenters. The van der Waals surface area contributed by atoms with Crippen LogP contribution in [0.4, 0.5) is 0 Å². The van der Waals surface area contributed by atoms with Gasteiger partial charge in [0, 0.05) is 22.2 Å². The molecule has 3 nitrogen and oxygen atoms in total. The van der Waals surface area contributed by atoms with Gasteiger partial charge in [-0.15, -0.1) is 0 Å². The van der Waals surface area contributed by atoms with Gasteiger partial charge in [-0.1, -0.05) is 42.6 Å². The van der Waals surface area contributed by atoms with Crippen molar-refractivity contribution in [2.24, 2.45) is 0 Å². The van der Waals surface area contributed by atoms with E-state index < -0.39 is 0 Å². The number of halogens is 3. The van der Waals surface area contributed by atoms with Gasteiger partial charge in [0.05, 0.1) is 11.6 Å². The molecule has 0 heterocycles. The number of methoxy groups -OCH3 is 1. The smallest absolute Gasteiger partial charge is 0.175 e. The standard InChI is InChI=1S/C19H22BrCl2NO2/c1-3-4-8-23-11-13-9-15(20)19(18(10-13)24-2)25-12-14-16(21)6-5-7-17(14)22/h5-7,9-10,23H,3-4,8,11-12H2,1-2H3. The summed E-state index contributed by atoms with van der Waals surface area (Å²) in [6.45, 7) is 4.23. The average Bonchev–Trinajstić information content (AvgIpc) is 2.59. The molecule has 0 spiro atoms. The molecule has 0 aliphatic carbocycles. The van der Waals surface area contributed by atoms with Crippen LogP contribution in [0.5, 0.6) is 11.5 Å². The van der Waals surface area contributed by atoms with Gasteiger partial charge in [0.25, 0.3) is 0 Å². The fourth-order valence-corrected chi connectivity index (χ4v) is 3.47. The van der Waals surface area contributed by atoms with E-state index in [-0.39, 0.29) is 6.61 Å². The second-order valence-electron chi connectivity index (χ2n) is 5.63. The molecule has 136 valence electrons. The predicted octanol–water partition coefficient (Wildman–Crippen LogP) is 6.23. The van der Waals surface area contributed by atoms with Crippen molar-refractivity contribution in [3.05, 3.63) is 56.0 Å². The predicted molar refractivity (Wildman–Crippen MR) is 108 cm³/mol. The lowest BCUT2D eigenvalue weighted by atomic mass is 10.2. The van der Waals surface area contributed by atoms with Crippen LogP contribution < -0.4 is 14.8 Å². The van der Waals surface area contributed by atoms with Crippen molar-refractivity contribution in [1.29, 1.82) is 0 Å². The Kier molecular flexibility index (Phi) is 8.37. The lowest BCUT2D eigenvalue weighted by Crippen LogP contribution is -2.14. The third-order valence-corrected chi connectivity index (χ3v) is 5.05. The molecular formula is C19H22BrCl2NO2. The highest BCUT2D eigenvalue weighted by atomic mass is 79.9. The summed E-state index contributed by atoms with van der Waals surface area (Å²) in [5.74, 6) is 1.31. The lowest BCUT2D eigenvalue weighted by Gasteiger charge is -2.16. The van der Waals surface area contributed by atoms with Crippen LogP contribution in [0.2, 0.25) is 10.0 Å². The minimum atomic E-state index is 0.265.